The number of aromatic nitrogens is 3. The van der Waals surface area contributed by atoms with Crippen LogP contribution in [-0.4, -0.2) is 19.9 Å². The van der Waals surface area contributed by atoms with Crippen LogP contribution in [0, 0.1) is 0 Å². The fraction of sp³-hybridized carbons (Fsp3) is 0.385. The Kier molecular flexibility index (Phi) is 4.21. The molecule has 2 aromatic rings. The molecule has 106 valence electrons. The molecular formula is C13H13Cl2N3OS. The van der Waals surface area contributed by atoms with Gasteiger partial charge < -0.3 is 9.67 Å². The van der Waals surface area contributed by atoms with E-state index in [0.717, 1.165) is 23.6 Å². The topological polar surface area (TPSA) is 50.9 Å². The highest BCUT2D eigenvalue weighted by Gasteiger charge is 2.29. The van der Waals surface area contributed by atoms with E-state index in [0.29, 0.717) is 27.7 Å². The third-order valence-electron chi connectivity index (χ3n) is 3.16. The third kappa shape index (κ3) is 2.96. The van der Waals surface area contributed by atoms with Gasteiger partial charge in [-0.15, -0.1) is 10.2 Å². The van der Waals surface area contributed by atoms with Crippen LogP contribution in [0.2, 0.25) is 10.0 Å². The maximum absolute atomic E-state index is 9.30. The number of aliphatic hydroxyl groups is 1. The van der Waals surface area contributed by atoms with Gasteiger partial charge in [-0.2, -0.15) is 0 Å². The molecule has 3 rings (SSSR count). The maximum atomic E-state index is 9.30. The number of thioether (sulfide) groups is 1. The van der Waals surface area contributed by atoms with Gasteiger partial charge in [-0.3, -0.25) is 0 Å². The van der Waals surface area contributed by atoms with Crippen molar-refractivity contribution in [1.82, 2.24) is 14.8 Å². The Morgan fingerprint density at radius 2 is 2.10 bits per heavy atom. The normalized spacial score (nSPS) is 14.8. The van der Waals surface area contributed by atoms with Gasteiger partial charge in [0.05, 0.1) is 0 Å². The van der Waals surface area contributed by atoms with Crippen molar-refractivity contribution in [3.8, 4) is 0 Å². The average molecular weight is 330 g/mol. The van der Waals surface area contributed by atoms with Crippen molar-refractivity contribution in [2.24, 2.45) is 0 Å². The first-order valence-corrected chi connectivity index (χ1v) is 8.04. The number of aliphatic hydroxyl groups excluding tert-OH is 1. The zero-order valence-electron chi connectivity index (χ0n) is 10.6. The van der Waals surface area contributed by atoms with E-state index in [1.165, 1.54) is 0 Å². The van der Waals surface area contributed by atoms with Gasteiger partial charge in [-0.1, -0.05) is 41.0 Å². The first-order valence-electron chi connectivity index (χ1n) is 6.30. The van der Waals surface area contributed by atoms with Crippen LogP contribution in [0.3, 0.4) is 0 Å². The minimum Gasteiger partial charge on any atom is -0.388 e. The second-order valence-electron chi connectivity index (χ2n) is 4.68. The molecular weight excluding hydrogens is 317 g/mol. The summed E-state index contributed by atoms with van der Waals surface area (Å²) in [6, 6.07) is 5.93. The molecule has 7 heteroatoms. The Morgan fingerprint density at radius 3 is 2.75 bits per heavy atom. The van der Waals surface area contributed by atoms with Gasteiger partial charge in [0.15, 0.2) is 11.0 Å². The molecule has 1 aliphatic carbocycles. The maximum Gasteiger partial charge on any atom is 0.191 e. The van der Waals surface area contributed by atoms with Crippen LogP contribution in [0.1, 0.15) is 30.3 Å². The summed E-state index contributed by atoms with van der Waals surface area (Å²) >= 11 is 13.6. The van der Waals surface area contributed by atoms with Crippen molar-refractivity contribution in [2.75, 3.05) is 0 Å². The lowest BCUT2D eigenvalue weighted by Crippen LogP contribution is -2.02. The molecule has 0 unspecified atom stereocenters. The van der Waals surface area contributed by atoms with Gasteiger partial charge in [-0.25, -0.2) is 0 Å². The molecule has 1 saturated carbocycles. The van der Waals surface area contributed by atoms with Crippen molar-refractivity contribution >= 4 is 35.0 Å². The van der Waals surface area contributed by atoms with Crippen LogP contribution >= 0.6 is 35.0 Å². The monoisotopic (exact) mass is 329 g/mol. The molecule has 1 aromatic heterocycles. The molecule has 0 spiro atoms. The zero-order chi connectivity index (χ0) is 14.1. The Morgan fingerprint density at radius 1 is 1.30 bits per heavy atom. The number of hydrogen-bond donors (Lipinski definition) is 1. The van der Waals surface area contributed by atoms with Crippen molar-refractivity contribution in [3.05, 3.63) is 39.6 Å². The lowest BCUT2D eigenvalue weighted by Gasteiger charge is -2.08. The molecule has 0 saturated heterocycles. The molecule has 1 heterocycles. The van der Waals surface area contributed by atoms with Crippen molar-refractivity contribution in [3.63, 3.8) is 0 Å². The summed E-state index contributed by atoms with van der Waals surface area (Å²) in [4.78, 5) is 0. The van der Waals surface area contributed by atoms with Crippen LogP contribution in [0.4, 0.5) is 0 Å². The smallest absolute Gasteiger partial charge is 0.191 e. The predicted octanol–water partition coefficient (Wildman–Crippen LogP) is 3.70. The van der Waals surface area contributed by atoms with Crippen LogP contribution in [0.25, 0.3) is 0 Å². The predicted molar refractivity (Wildman–Crippen MR) is 80.2 cm³/mol. The van der Waals surface area contributed by atoms with E-state index in [4.69, 9.17) is 23.2 Å². The average Bonchev–Trinajstić information content (AvgIpc) is 3.18. The summed E-state index contributed by atoms with van der Waals surface area (Å²) in [5, 5.41) is 19.6. The van der Waals surface area contributed by atoms with Gasteiger partial charge in [0.1, 0.15) is 6.61 Å². The van der Waals surface area contributed by atoms with E-state index >= 15 is 0 Å². The minimum absolute atomic E-state index is 0.0776. The Labute approximate surface area is 131 Å². The minimum atomic E-state index is -0.0776. The van der Waals surface area contributed by atoms with E-state index in [2.05, 4.69) is 10.2 Å². The molecule has 0 bridgehead atoms. The molecule has 20 heavy (non-hydrogen) atoms. The van der Waals surface area contributed by atoms with E-state index in [9.17, 15) is 5.11 Å². The number of benzene rings is 1. The summed E-state index contributed by atoms with van der Waals surface area (Å²) in [7, 11) is 0. The number of hydrogen-bond acceptors (Lipinski definition) is 4. The van der Waals surface area contributed by atoms with Crippen molar-refractivity contribution in [1.29, 1.82) is 0 Å². The molecule has 0 radical (unpaired) electrons. The number of halogens is 2. The van der Waals surface area contributed by atoms with E-state index < -0.39 is 0 Å². The second kappa shape index (κ2) is 5.93. The molecule has 0 amide bonds. The first-order chi connectivity index (χ1) is 9.69. The van der Waals surface area contributed by atoms with Gasteiger partial charge in [0.25, 0.3) is 0 Å². The molecule has 1 aromatic carbocycles. The quantitative estimate of drug-likeness (QED) is 0.849. The lowest BCUT2D eigenvalue weighted by molar-refractivity contribution is 0.263. The van der Waals surface area contributed by atoms with Gasteiger partial charge >= 0.3 is 0 Å². The highest BCUT2D eigenvalue weighted by atomic mass is 35.5. The molecule has 0 aliphatic heterocycles. The summed E-state index contributed by atoms with van der Waals surface area (Å²) in [6.07, 6.45) is 2.25. The van der Waals surface area contributed by atoms with Gasteiger partial charge in [0, 0.05) is 21.8 Å². The fourth-order valence-electron chi connectivity index (χ4n) is 1.99. The van der Waals surface area contributed by atoms with E-state index in [1.807, 2.05) is 16.7 Å². The Hall–Kier alpha value is -0.750. The van der Waals surface area contributed by atoms with Crippen molar-refractivity contribution in [2.45, 2.75) is 36.4 Å². The lowest BCUT2D eigenvalue weighted by atomic mass is 10.2. The Bertz CT molecular complexity index is 628. The van der Waals surface area contributed by atoms with Crippen LogP contribution in [0.5, 0.6) is 0 Å². The molecule has 1 fully saturated rings. The highest BCUT2D eigenvalue weighted by molar-refractivity contribution is 7.98. The standard InChI is InChI=1S/C13H13Cl2N3OS/c14-9-2-1-8(11(15)5-9)7-20-13-17-16-12(6-19)18(13)10-3-4-10/h1-2,5,10,19H,3-4,6-7H2. The SMILES string of the molecule is OCc1nnc(SCc2ccc(Cl)cc2Cl)n1C1CC1. The van der Waals surface area contributed by atoms with Crippen LogP contribution < -0.4 is 0 Å². The molecule has 4 nitrogen and oxygen atoms in total. The third-order valence-corrected chi connectivity index (χ3v) is 4.74. The summed E-state index contributed by atoms with van der Waals surface area (Å²) in [6.45, 7) is -0.0776. The Balaban J connectivity index is 1.76. The van der Waals surface area contributed by atoms with Crippen LogP contribution in [-0.2, 0) is 12.4 Å². The van der Waals surface area contributed by atoms with Crippen LogP contribution in [0.15, 0.2) is 23.4 Å². The zero-order valence-corrected chi connectivity index (χ0v) is 12.9. The number of rotatable bonds is 5. The van der Waals surface area contributed by atoms with Crippen molar-refractivity contribution < 1.29 is 5.11 Å². The largest absolute Gasteiger partial charge is 0.388 e. The first kappa shape index (κ1) is 14.2. The van der Waals surface area contributed by atoms with Gasteiger partial charge in [0.2, 0.25) is 0 Å². The molecule has 1 N–H and O–H groups in total. The summed E-state index contributed by atoms with van der Waals surface area (Å²) in [5.74, 6) is 1.34. The molecule has 1 aliphatic rings. The second-order valence-corrected chi connectivity index (χ2v) is 6.47. The molecule has 0 atom stereocenters. The van der Waals surface area contributed by atoms with E-state index in [-0.39, 0.29) is 6.61 Å². The summed E-state index contributed by atoms with van der Waals surface area (Å²) < 4.78 is 2.04. The van der Waals surface area contributed by atoms with Gasteiger partial charge in [-0.05, 0) is 30.5 Å². The number of nitrogens with zero attached hydrogens (tertiary/aromatic N) is 3. The summed E-state index contributed by atoms with van der Waals surface area (Å²) in [5.41, 5.74) is 1.01. The highest BCUT2D eigenvalue weighted by Crippen LogP contribution is 2.39. The van der Waals surface area contributed by atoms with E-state index in [1.54, 1.807) is 17.8 Å². The fourth-order valence-corrected chi connectivity index (χ4v) is 3.58.